The van der Waals surface area contributed by atoms with E-state index in [1.54, 1.807) is 0 Å². The molecule has 7 heteroatoms. The van der Waals surface area contributed by atoms with Crippen LogP contribution in [0.1, 0.15) is 24.3 Å². The summed E-state index contributed by atoms with van der Waals surface area (Å²) in [4.78, 5) is 34.7. The molecule has 18 heavy (non-hydrogen) atoms. The minimum atomic E-state index is -1.09. The molecule has 1 amide bonds. The van der Waals surface area contributed by atoms with E-state index in [0.29, 0.717) is 6.54 Å². The van der Waals surface area contributed by atoms with Crippen molar-refractivity contribution in [3.05, 3.63) is 28.2 Å². The summed E-state index contributed by atoms with van der Waals surface area (Å²) < 4.78 is 0. The molecule has 0 aliphatic carbocycles. The molecule has 0 unspecified atom stereocenters. The molecule has 98 valence electrons. The maximum atomic E-state index is 12.0. The third-order valence-corrected chi connectivity index (χ3v) is 2.10. The van der Waals surface area contributed by atoms with Crippen LogP contribution in [0, 0.1) is 5.92 Å². The molecule has 2 N–H and O–H groups in total. The number of hydrogen-bond acceptors (Lipinski definition) is 4. The first-order chi connectivity index (χ1) is 8.40. The van der Waals surface area contributed by atoms with Gasteiger partial charge in [0.15, 0.2) is 0 Å². The number of aliphatic carboxylic acids is 1. The fourth-order valence-corrected chi connectivity index (χ4v) is 1.45. The van der Waals surface area contributed by atoms with Gasteiger partial charge in [0.05, 0.1) is 0 Å². The van der Waals surface area contributed by atoms with E-state index in [1.165, 1.54) is 17.0 Å². The number of carbonyl (C=O) groups excluding carboxylic acids is 1. The molecule has 0 saturated heterocycles. The van der Waals surface area contributed by atoms with Crippen LogP contribution in [-0.2, 0) is 4.79 Å². The van der Waals surface area contributed by atoms with E-state index >= 15 is 0 Å². The summed E-state index contributed by atoms with van der Waals surface area (Å²) in [6.45, 7) is 3.68. The van der Waals surface area contributed by atoms with Gasteiger partial charge in [0, 0.05) is 12.6 Å². The highest BCUT2D eigenvalue weighted by molar-refractivity contribution is 5.93. The van der Waals surface area contributed by atoms with Gasteiger partial charge in [-0.25, -0.2) is 5.10 Å². The molecule has 0 fully saturated rings. The molecule has 0 aliphatic rings. The van der Waals surface area contributed by atoms with Crippen LogP contribution in [0.15, 0.2) is 16.9 Å². The van der Waals surface area contributed by atoms with Crippen molar-refractivity contribution in [3.63, 3.8) is 0 Å². The number of carboxylic acids is 1. The van der Waals surface area contributed by atoms with Crippen molar-refractivity contribution in [3.8, 4) is 0 Å². The minimum absolute atomic E-state index is 0.0245. The third-order valence-electron chi connectivity index (χ3n) is 2.10. The molecule has 0 atom stereocenters. The van der Waals surface area contributed by atoms with Crippen molar-refractivity contribution < 1.29 is 14.7 Å². The lowest BCUT2D eigenvalue weighted by Gasteiger charge is -2.21. The topological polar surface area (TPSA) is 103 Å². The number of hydrogen-bond donors (Lipinski definition) is 2. The van der Waals surface area contributed by atoms with Crippen molar-refractivity contribution in [2.75, 3.05) is 13.1 Å². The van der Waals surface area contributed by atoms with Gasteiger partial charge in [0.1, 0.15) is 12.2 Å². The smallest absolute Gasteiger partial charge is 0.323 e. The van der Waals surface area contributed by atoms with Crippen molar-refractivity contribution >= 4 is 11.9 Å². The van der Waals surface area contributed by atoms with E-state index in [2.05, 4.69) is 10.2 Å². The first-order valence-electron chi connectivity index (χ1n) is 5.47. The highest BCUT2D eigenvalue weighted by atomic mass is 16.4. The van der Waals surface area contributed by atoms with Crippen molar-refractivity contribution in [1.29, 1.82) is 0 Å². The van der Waals surface area contributed by atoms with Crippen molar-refractivity contribution in [1.82, 2.24) is 15.1 Å². The van der Waals surface area contributed by atoms with Gasteiger partial charge in [-0.05, 0) is 12.0 Å². The van der Waals surface area contributed by atoms with E-state index < -0.39 is 24.0 Å². The molecule has 1 rings (SSSR count). The van der Waals surface area contributed by atoms with Gasteiger partial charge in [-0.3, -0.25) is 14.4 Å². The first kappa shape index (κ1) is 13.9. The third kappa shape index (κ3) is 4.00. The van der Waals surface area contributed by atoms with Crippen LogP contribution >= 0.6 is 0 Å². The van der Waals surface area contributed by atoms with Crippen LogP contribution < -0.4 is 5.56 Å². The number of rotatable bonds is 5. The Morgan fingerprint density at radius 1 is 1.44 bits per heavy atom. The Morgan fingerprint density at radius 2 is 2.11 bits per heavy atom. The van der Waals surface area contributed by atoms with E-state index in [9.17, 15) is 14.4 Å². The average Bonchev–Trinajstić information content (AvgIpc) is 2.27. The van der Waals surface area contributed by atoms with Gasteiger partial charge in [0.25, 0.3) is 11.5 Å². The van der Waals surface area contributed by atoms with Gasteiger partial charge in [0.2, 0.25) is 0 Å². The molecule has 0 aromatic carbocycles. The number of amides is 1. The highest BCUT2D eigenvalue weighted by Crippen LogP contribution is 2.04. The summed E-state index contributed by atoms with van der Waals surface area (Å²) in [5, 5.41) is 14.5. The molecule has 1 aromatic rings. The first-order valence-corrected chi connectivity index (χ1v) is 5.47. The standard InChI is InChI=1S/C11H15N3O4/c1-7(2)5-14(6-10(16)17)11(18)8-3-4-9(15)13-12-8/h3-4,7H,5-6H2,1-2H3,(H,13,15)(H,16,17). The SMILES string of the molecule is CC(C)CN(CC(=O)O)C(=O)c1ccc(=O)[nH]n1. The Bertz CT molecular complexity index is 475. The predicted octanol–water partition coefficient (Wildman–Crippen LogP) is -0.0473. The molecular weight excluding hydrogens is 238 g/mol. The number of carboxylic acid groups (broad SMARTS) is 1. The number of aromatic amines is 1. The molecule has 0 radical (unpaired) electrons. The lowest BCUT2D eigenvalue weighted by molar-refractivity contribution is -0.137. The minimum Gasteiger partial charge on any atom is -0.480 e. The molecule has 0 aliphatic heterocycles. The quantitative estimate of drug-likeness (QED) is 0.765. The Labute approximate surface area is 103 Å². The number of aromatic nitrogens is 2. The summed E-state index contributed by atoms with van der Waals surface area (Å²) in [6.07, 6.45) is 0. The second kappa shape index (κ2) is 5.95. The lowest BCUT2D eigenvalue weighted by atomic mass is 10.2. The van der Waals surface area contributed by atoms with Gasteiger partial charge < -0.3 is 10.0 Å². The Morgan fingerprint density at radius 3 is 2.56 bits per heavy atom. The van der Waals surface area contributed by atoms with Crippen molar-refractivity contribution in [2.45, 2.75) is 13.8 Å². The average molecular weight is 253 g/mol. The van der Waals surface area contributed by atoms with E-state index in [4.69, 9.17) is 5.11 Å². The van der Waals surface area contributed by atoms with E-state index in [0.717, 1.165) is 0 Å². The number of nitrogens with zero attached hydrogens (tertiary/aromatic N) is 2. The second-order valence-electron chi connectivity index (χ2n) is 4.28. The summed E-state index contributed by atoms with van der Waals surface area (Å²) in [6, 6.07) is 2.45. The summed E-state index contributed by atoms with van der Waals surface area (Å²) in [5.41, 5.74) is -0.392. The number of H-pyrrole nitrogens is 1. The van der Waals surface area contributed by atoms with Crippen LogP contribution in [0.25, 0.3) is 0 Å². The summed E-state index contributed by atoms with van der Waals surface area (Å²) in [7, 11) is 0. The molecule has 1 heterocycles. The fraction of sp³-hybridized carbons (Fsp3) is 0.455. The molecule has 1 aromatic heterocycles. The van der Waals surface area contributed by atoms with Crippen LogP contribution in [0.5, 0.6) is 0 Å². The predicted molar refractivity (Wildman–Crippen MR) is 63.2 cm³/mol. The number of nitrogens with one attached hydrogen (secondary N) is 1. The van der Waals surface area contributed by atoms with Crippen LogP contribution in [0.2, 0.25) is 0 Å². The Balaban J connectivity index is 2.90. The zero-order valence-corrected chi connectivity index (χ0v) is 10.2. The second-order valence-corrected chi connectivity index (χ2v) is 4.28. The van der Waals surface area contributed by atoms with E-state index in [1.807, 2.05) is 13.8 Å². The van der Waals surface area contributed by atoms with Gasteiger partial charge in [-0.1, -0.05) is 13.8 Å². The van der Waals surface area contributed by atoms with Crippen LogP contribution in [-0.4, -0.2) is 45.2 Å². The van der Waals surface area contributed by atoms with Crippen LogP contribution in [0.4, 0.5) is 0 Å². The zero-order chi connectivity index (χ0) is 13.7. The lowest BCUT2D eigenvalue weighted by Crippen LogP contribution is -2.39. The van der Waals surface area contributed by atoms with Gasteiger partial charge in [-0.2, -0.15) is 5.10 Å². The van der Waals surface area contributed by atoms with Gasteiger partial charge >= 0.3 is 5.97 Å². The molecule has 0 bridgehead atoms. The maximum Gasteiger partial charge on any atom is 0.323 e. The normalized spacial score (nSPS) is 10.4. The maximum absolute atomic E-state index is 12.0. The molecule has 0 saturated carbocycles. The molecule has 0 spiro atoms. The molecule has 7 nitrogen and oxygen atoms in total. The fourth-order valence-electron chi connectivity index (χ4n) is 1.45. The van der Waals surface area contributed by atoms with E-state index in [-0.39, 0.29) is 11.6 Å². The van der Waals surface area contributed by atoms with Gasteiger partial charge in [-0.15, -0.1) is 0 Å². The van der Waals surface area contributed by atoms with Crippen molar-refractivity contribution in [2.24, 2.45) is 5.92 Å². The largest absolute Gasteiger partial charge is 0.480 e. The Kier molecular flexibility index (Phi) is 4.59. The van der Waals surface area contributed by atoms with Crippen LogP contribution in [0.3, 0.4) is 0 Å². The highest BCUT2D eigenvalue weighted by Gasteiger charge is 2.20. The number of carbonyl (C=O) groups is 2. The monoisotopic (exact) mass is 253 g/mol. The Hall–Kier alpha value is -2.18. The summed E-state index contributed by atoms with van der Waals surface area (Å²) in [5.74, 6) is -1.47. The summed E-state index contributed by atoms with van der Waals surface area (Å²) >= 11 is 0. The molecular formula is C11H15N3O4. The zero-order valence-electron chi connectivity index (χ0n) is 10.2.